The molecular formula is C32H36F6N6O. The fourth-order valence-corrected chi connectivity index (χ4v) is 7.23. The number of alkyl halides is 6. The van der Waals surface area contributed by atoms with Crippen molar-refractivity contribution in [2.75, 3.05) is 31.6 Å². The van der Waals surface area contributed by atoms with Gasteiger partial charge in [-0.2, -0.15) is 13.2 Å². The molecule has 1 saturated carbocycles. The van der Waals surface area contributed by atoms with Crippen molar-refractivity contribution in [2.24, 2.45) is 13.0 Å². The van der Waals surface area contributed by atoms with E-state index in [-0.39, 0.29) is 53.3 Å². The van der Waals surface area contributed by atoms with Crippen molar-refractivity contribution in [1.29, 1.82) is 0 Å². The van der Waals surface area contributed by atoms with Gasteiger partial charge >= 0.3 is 6.18 Å². The second-order valence-corrected chi connectivity index (χ2v) is 13.2. The standard InChI is InChI=1S/C32H36F6N6O/c1-19(2)26-15-41(3)8-9-43(26)13-20-10-23-24(25(11-20)32(36,37)38)14-44(29(23)45)22-7-5-6-21(12-22)30(16-31(34,35)17-30)27(33)28-40-39-18-42(28)4/h5-7,10-12,18-19,26-27H,8-9,13-17H2,1-4H3/t26-,27-/m1/s1. The third-order valence-electron chi connectivity index (χ3n) is 9.64. The van der Waals surface area contributed by atoms with E-state index in [2.05, 4.69) is 33.8 Å². The van der Waals surface area contributed by atoms with E-state index in [0.29, 0.717) is 12.1 Å². The van der Waals surface area contributed by atoms with Crippen molar-refractivity contribution >= 4 is 11.6 Å². The zero-order valence-electron chi connectivity index (χ0n) is 25.6. The van der Waals surface area contributed by atoms with Crippen molar-refractivity contribution < 1.29 is 31.1 Å². The number of carbonyl (C=O) groups is 1. The molecule has 13 heteroatoms. The fourth-order valence-electron chi connectivity index (χ4n) is 7.23. The van der Waals surface area contributed by atoms with Gasteiger partial charge < -0.3 is 14.4 Å². The van der Waals surface area contributed by atoms with Crippen LogP contribution in [-0.4, -0.2) is 69.1 Å². The highest BCUT2D eigenvalue weighted by molar-refractivity contribution is 6.10. The molecular weight excluding hydrogens is 598 g/mol. The molecule has 2 aromatic carbocycles. The van der Waals surface area contributed by atoms with Gasteiger partial charge in [-0.05, 0) is 53.9 Å². The summed E-state index contributed by atoms with van der Waals surface area (Å²) in [6.07, 6.45) is -6.90. The first-order valence-electron chi connectivity index (χ1n) is 15.0. The highest BCUT2D eigenvalue weighted by atomic mass is 19.4. The molecule has 0 spiro atoms. The van der Waals surface area contributed by atoms with Crippen LogP contribution >= 0.6 is 0 Å². The number of piperazine rings is 1. The molecule has 0 unspecified atom stereocenters. The number of hydrogen-bond donors (Lipinski definition) is 0. The first-order chi connectivity index (χ1) is 21.1. The van der Waals surface area contributed by atoms with E-state index in [1.165, 1.54) is 47.1 Å². The average Bonchev–Trinajstić information content (AvgIpc) is 3.53. The summed E-state index contributed by atoms with van der Waals surface area (Å²) in [5, 5.41) is 7.47. The molecule has 45 heavy (non-hydrogen) atoms. The summed E-state index contributed by atoms with van der Waals surface area (Å²) in [5.74, 6) is -3.55. The van der Waals surface area contributed by atoms with Gasteiger partial charge in [0.15, 0.2) is 12.0 Å². The summed E-state index contributed by atoms with van der Waals surface area (Å²) in [7, 11) is 3.54. The Morgan fingerprint density at radius 1 is 1.07 bits per heavy atom. The Labute approximate surface area is 257 Å². The summed E-state index contributed by atoms with van der Waals surface area (Å²) in [6, 6.07) is 8.82. The Morgan fingerprint density at radius 3 is 2.42 bits per heavy atom. The van der Waals surface area contributed by atoms with Gasteiger partial charge in [0.05, 0.1) is 12.1 Å². The van der Waals surface area contributed by atoms with Gasteiger partial charge in [0.1, 0.15) is 6.33 Å². The summed E-state index contributed by atoms with van der Waals surface area (Å²) in [5.41, 5.74) is -1.84. The molecule has 242 valence electrons. The molecule has 6 rings (SSSR count). The minimum atomic E-state index is -4.70. The Kier molecular flexibility index (Phi) is 7.79. The molecule has 2 aliphatic heterocycles. The van der Waals surface area contributed by atoms with Crippen LogP contribution in [0, 0.1) is 5.92 Å². The number of halogens is 6. The lowest BCUT2D eigenvalue weighted by Gasteiger charge is -2.49. The SMILES string of the molecule is CC(C)[C@H]1CN(C)CCN1Cc1cc2c(c(C(F)(F)F)c1)CN(c1cccc(C3([C@H](F)c4nncn4C)CC(F)(F)C3)c1)C2=O. The van der Waals surface area contributed by atoms with Crippen LogP contribution in [0.3, 0.4) is 0 Å². The third-order valence-corrected chi connectivity index (χ3v) is 9.64. The van der Waals surface area contributed by atoms with Crippen LogP contribution in [0.25, 0.3) is 0 Å². The number of carbonyl (C=O) groups excluding carboxylic acids is 1. The molecule has 3 aromatic rings. The number of benzene rings is 2. The van der Waals surface area contributed by atoms with Crippen molar-refractivity contribution in [3.63, 3.8) is 0 Å². The number of anilines is 1. The number of rotatable bonds is 7. The van der Waals surface area contributed by atoms with Crippen LogP contribution in [0.1, 0.15) is 71.3 Å². The predicted octanol–water partition coefficient (Wildman–Crippen LogP) is 6.14. The van der Waals surface area contributed by atoms with Gasteiger partial charge in [-0.1, -0.05) is 26.0 Å². The lowest BCUT2D eigenvalue weighted by atomic mass is 9.59. The first-order valence-corrected chi connectivity index (χ1v) is 15.0. The first kappa shape index (κ1) is 31.5. The smallest absolute Gasteiger partial charge is 0.318 e. The maximum Gasteiger partial charge on any atom is 0.416 e. The van der Waals surface area contributed by atoms with Crippen LogP contribution in [-0.2, 0) is 31.7 Å². The van der Waals surface area contributed by atoms with Gasteiger partial charge in [0.2, 0.25) is 5.92 Å². The highest BCUT2D eigenvalue weighted by Crippen LogP contribution is 2.60. The molecule has 3 aliphatic rings. The van der Waals surface area contributed by atoms with E-state index in [4.69, 9.17) is 0 Å². The zero-order chi connectivity index (χ0) is 32.5. The lowest BCUT2D eigenvalue weighted by Crippen LogP contribution is -2.53. The van der Waals surface area contributed by atoms with E-state index < -0.39 is 48.0 Å². The maximum absolute atomic E-state index is 16.0. The van der Waals surface area contributed by atoms with Crippen molar-refractivity contribution in [1.82, 2.24) is 24.6 Å². The second kappa shape index (κ2) is 11.1. The summed E-state index contributed by atoms with van der Waals surface area (Å²) in [6.45, 7) is 6.37. The molecule has 1 aromatic heterocycles. The molecule has 1 saturated heterocycles. The highest BCUT2D eigenvalue weighted by Gasteiger charge is 2.63. The number of hydrogen-bond acceptors (Lipinski definition) is 5. The number of fused-ring (bicyclic) bond motifs is 1. The molecule has 7 nitrogen and oxygen atoms in total. The molecule has 1 amide bonds. The fraction of sp³-hybridized carbons (Fsp3) is 0.531. The average molecular weight is 635 g/mol. The maximum atomic E-state index is 16.0. The minimum absolute atomic E-state index is 0.0344. The monoisotopic (exact) mass is 634 g/mol. The Bertz CT molecular complexity index is 1590. The van der Waals surface area contributed by atoms with Crippen LogP contribution in [0.2, 0.25) is 0 Å². The number of aromatic nitrogens is 3. The number of nitrogens with zero attached hydrogens (tertiary/aromatic N) is 6. The molecule has 3 heterocycles. The van der Waals surface area contributed by atoms with E-state index in [9.17, 15) is 26.7 Å². The summed E-state index contributed by atoms with van der Waals surface area (Å²) >= 11 is 0. The molecule has 0 bridgehead atoms. The number of likely N-dealkylation sites (N-methyl/N-ethyl adjacent to an activating group) is 1. The Morgan fingerprint density at radius 2 is 1.80 bits per heavy atom. The quantitative estimate of drug-likeness (QED) is 0.292. The van der Waals surface area contributed by atoms with Gasteiger partial charge in [0, 0.05) is 68.8 Å². The molecule has 0 N–H and O–H groups in total. The largest absolute Gasteiger partial charge is 0.416 e. The van der Waals surface area contributed by atoms with Gasteiger partial charge in [-0.25, -0.2) is 13.2 Å². The lowest BCUT2D eigenvalue weighted by molar-refractivity contribution is -0.151. The zero-order valence-corrected chi connectivity index (χ0v) is 25.6. The van der Waals surface area contributed by atoms with Crippen molar-refractivity contribution in [3.05, 3.63) is 76.4 Å². The number of aryl methyl sites for hydroxylation is 1. The van der Waals surface area contributed by atoms with E-state index in [0.717, 1.165) is 19.2 Å². The van der Waals surface area contributed by atoms with Crippen LogP contribution in [0.5, 0.6) is 0 Å². The third kappa shape index (κ3) is 5.62. The van der Waals surface area contributed by atoms with Crippen LogP contribution in [0.4, 0.5) is 32.0 Å². The molecule has 1 aliphatic carbocycles. The van der Waals surface area contributed by atoms with Crippen LogP contribution < -0.4 is 4.90 Å². The van der Waals surface area contributed by atoms with Gasteiger partial charge in [-0.3, -0.25) is 9.69 Å². The molecule has 2 fully saturated rings. The van der Waals surface area contributed by atoms with E-state index >= 15 is 4.39 Å². The normalized spacial score (nSPS) is 22.5. The minimum Gasteiger partial charge on any atom is -0.318 e. The Balaban J connectivity index is 1.34. The molecule has 2 atom stereocenters. The molecule has 0 radical (unpaired) electrons. The Hall–Kier alpha value is -3.45. The number of amides is 1. The van der Waals surface area contributed by atoms with Crippen molar-refractivity contribution in [2.45, 2.75) is 69.5 Å². The van der Waals surface area contributed by atoms with Gasteiger partial charge in [-0.15, -0.1) is 10.2 Å². The topological polar surface area (TPSA) is 57.5 Å². The van der Waals surface area contributed by atoms with E-state index in [1.54, 1.807) is 6.07 Å². The second-order valence-electron chi connectivity index (χ2n) is 13.2. The van der Waals surface area contributed by atoms with Gasteiger partial charge in [0.25, 0.3) is 5.91 Å². The predicted molar refractivity (Wildman–Crippen MR) is 156 cm³/mol. The van der Waals surface area contributed by atoms with Crippen molar-refractivity contribution in [3.8, 4) is 0 Å². The summed E-state index contributed by atoms with van der Waals surface area (Å²) < 4.78 is 89.3. The van der Waals surface area contributed by atoms with E-state index in [1.807, 2.05) is 7.05 Å². The van der Waals surface area contributed by atoms with Crippen LogP contribution in [0.15, 0.2) is 42.7 Å². The summed E-state index contributed by atoms with van der Waals surface area (Å²) in [4.78, 5) is 19.4.